The molecule has 33 heavy (non-hydrogen) atoms. The Morgan fingerprint density at radius 3 is 2.03 bits per heavy atom. The fourth-order valence-electron chi connectivity index (χ4n) is 3.53. The van der Waals surface area contributed by atoms with Crippen LogP contribution in [0.25, 0.3) is 0 Å². The van der Waals surface area contributed by atoms with E-state index in [9.17, 15) is 20.2 Å². The van der Waals surface area contributed by atoms with Gasteiger partial charge in [0.05, 0.1) is 22.9 Å². The zero-order chi connectivity index (χ0) is 23.4. The topological polar surface area (TPSA) is 149 Å². The van der Waals surface area contributed by atoms with E-state index in [1.54, 1.807) is 18.2 Å². The first-order valence-corrected chi connectivity index (χ1v) is 10.1. The van der Waals surface area contributed by atoms with Crippen molar-refractivity contribution < 1.29 is 9.85 Å². The van der Waals surface area contributed by atoms with Crippen molar-refractivity contribution in [3.05, 3.63) is 115 Å². The molecule has 0 aromatic heterocycles. The van der Waals surface area contributed by atoms with Gasteiger partial charge in [0.15, 0.2) is 0 Å². The Bertz CT molecular complexity index is 1290. The van der Waals surface area contributed by atoms with Gasteiger partial charge in [-0.05, 0) is 28.8 Å². The number of nitrogens with zero attached hydrogens (tertiary/aromatic N) is 4. The average molecular weight is 444 g/mol. The van der Waals surface area contributed by atoms with Crippen molar-refractivity contribution in [2.45, 2.75) is 19.6 Å². The Morgan fingerprint density at radius 2 is 1.39 bits per heavy atom. The van der Waals surface area contributed by atoms with Gasteiger partial charge in [-0.15, -0.1) is 0 Å². The van der Waals surface area contributed by atoms with Gasteiger partial charge in [-0.3, -0.25) is 30.2 Å². The van der Waals surface area contributed by atoms with Crippen LogP contribution in [0, 0.1) is 20.2 Å². The number of nitro benzene ring substituents is 2. The van der Waals surface area contributed by atoms with Crippen molar-refractivity contribution in [3.63, 3.8) is 0 Å². The van der Waals surface area contributed by atoms with Gasteiger partial charge in [-0.2, -0.15) is 0 Å². The quantitative estimate of drug-likeness (QED) is 0.465. The lowest BCUT2D eigenvalue weighted by molar-refractivity contribution is -0.385. The Hall–Kier alpha value is -4.60. The van der Waals surface area contributed by atoms with E-state index < -0.39 is 4.92 Å². The summed E-state index contributed by atoms with van der Waals surface area (Å²) in [4.78, 5) is 28.8. The Labute approximate surface area is 188 Å². The molecule has 166 valence electrons. The van der Waals surface area contributed by atoms with E-state index in [1.165, 1.54) is 18.2 Å². The van der Waals surface area contributed by atoms with Gasteiger partial charge in [-0.1, -0.05) is 30.3 Å². The number of hydrogen-bond donors (Lipinski definition) is 2. The number of fused-ring (bicyclic) bond motifs is 2. The Kier molecular flexibility index (Phi) is 6.07. The molecule has 0 atom stereocenters. The van der Waals surface area contributed by atoms with Crippen LogP contribution in [0.5, 0.6) is 0 Å². The van der Waals surface area contributed by atoms with Crippen LogP contribution < -0.4 is 11.1 Å². The second-order valence-electron chi connectivity index (χ2n) is 7.40. The lowest BCUT2D eigenvalue weighted by atomic mass is 10.1. The molecule has 0 saturated carbocycles. The van der Waals surface area contributed by atoms with Crippen LogP contribution in [0.2, 0.25) is 0 Å². The zero-order valence-corrected chi connectivity index (χ0v) is 17.5. The molecule has 10 heteroatoms. The maximum Gasteiger partial charge on any atom is 0.270 e. The fraction of sp³-hybridized carbons (Fsp3) is 0.130. The van der Waals surface area contributed by atoms with Gasteiger partial charge >= 0.3 is 0 Å². The number of non-ortho nitro benzene ring substituents is 2. The molecule has 5 rings (SSSR count). The van der Waals surface area contributed by atoms with E-state index in [4.69, 9.17) is 5.73 Å². The number of nitrogens with two attached hydrogens (primary N) is 1. The van der Waals surface area contributed by atoms with Gasteiger partial charge in [0.2, 0.25) is 0 Å². The smallest absolute Gasteiger partial charge is 0.270 e. The summed E-state index contributed by atoms with van der Waals surface area (Å²) in [5.74, 6) is 1.12. The highest BCUT2D eigenvalue weighted by Crippen LogP contribution is 2.24. The molecule has 0 unspecified atom stereocenters. The van der Waals surface area contributed by atoms with E-state index >= 15 is 0 Å². The Morgan fingerprint density at radius 1 is 0.818 bits per heavy atom. The minimum absolute atomic E-state index is 0.0544. The minimum Gasteiger partial charge on any atom is -0.383 e. The second-order valence-corrected chi connectivity index (χ2v) is 7.40. The summed E-state index contributed by atoms with van der Waals surface area (Å²) in [6.45, 7) is 1.76. The number of nitro groups is 2. The first-order chi connectivity index (χ1) is 15.9. The lowest BCUT2D eigenvalue weighted by Gasteiger charge is -2.07. The molecule has 10 nitrogen and oxygen atoms in total. The van der Waals surface area contributed by atoms with Crippen LogP contribution in [-0.4, -0.2) is 21.5 Å². The zero-order valence-electron chi connectivity index (χ0n) is 17.5. The predicted octanol–water partition coefficient (Wildman–Crippen LogP) is 3.46. The molecule has 3 N–H and O–H groups in total. The summed E-state index contributed by atoms with van der Waals surface area (Å²) in [5.41, 5.74) is 10.3. The number of nitrogens with one attached hydrogen (secondary N) is 1. The molecular formula is C23H20N6O4. The summed E-state index contributed by atoms with van der Waals surface area (Å²) >= 11 is 0. The summed E-state index contributed by atoms with van der Waals surface area (Å²) in [6.07, 6.45) is 0. The number of rotatable bonds is 4. The van der Waals surface area contributed by atoms with Crippen molar-refractivity contribution >= 4 is 23.0 Å². The van der Waals surface area contributed by atoms with Gasteiger partial charge in [-0.25, -0.2) is 0 Å². The monoisotopic (exact) mass is 444 g/mol. The van der Waals surface area contributed by atoms with Crippen LogP contribution >= 0.6 is 0 Å². The molecule has 0 spiro atoms. The third kappa shape index (κ3) is 4.85. The third-order valence-electron chi connectivity index (χ3n) is 5.27. The summed E-state index contributed by atoms with van der Waals surface area (Å²) in [5, 5.41) is 24.5. The second kappa shape index (κ2) is 9.27. The largest absolute Gasteiger partial charge is 0.383 e. The maximum absolute atomic E-state index is 10.8. The Balaban J connectivity index is 0.000000172. The van der Waals surface area contributed by atoms with Gasteiger partial charge in [0.1, 0.15) is 11.7 Å². The molecule has 0 aliphatic carbocycles. The van der Waals surface area contributed by atoms with Crippen LogP contribution in [-0.2, 0) is 19.6 Å². The van der Waals surface area contributed by atoms with E-state index in [-0.39, 0.29) is 16.3 Å². The van der Waals surface area contributed by atoms with Crippen molar-refractivity contribution in [1.29, 1.82) is 0 Å². The van der Waals surface area contributed by atoms with Crippen LogP contribution in [0.15, 0.2) is 76.7 Å². The molecule has 3 aromatic rings. The fourth-order valence-corrected chi connectivity index (χ4v) is 3.53. The SMILES string of the molecule is NC1=NCc2ccc([N+](=O)[O-])cc21.O=[N+]([O-])c1ccc2c(c1)C(NCc1ccccc1)=NC2. The first kappa shape index (κ1) is 21.6. The van der Waals surface area contributed by atoms with Gasteiger partial charge in [0, 0.05) is 41.9 Å². The van der Waals surface area contributed by atoms with Crippen LogP contribution in [0.3, 0.4) is 0 Å². The summed E-state index contributed by atoms with van der Waals surface area (Å²) in [7, 11) is 0. The van der Waals surface area contributed by atoms with Crippen molar-refractivity contribution in [3.8, 4) is 0 Å². The lowest BCUT2D eigenvalue weighted by Crippen LogP contribution is -2.22. The van der Waals surface area contributed by atoms with Crippen molar-refractivity contribution in [1.82, 2.24) is 5.32 Å². The number of benzene rings is 3. The van der Waals surface area contributed by atoms with Crippen LogP contribution in [0.4, 0.5) is 11.4 Å². The standard InChI is InChI=1S/C15H13N3O2.C8H7N3O2/c19-18(20)13-7-6-12-10-17-15(14(12)8-13)16-9-11-4-2-1-3-5-11;9-8-7-3-6(11(12)13)2-1-5(7)4-10-8/h1-8H,9-10H2,(H,16,17);1-3H,4H2,(H2,9,10). The summed E-state index contributed by atoms with van der Waals surface area (Å²) in [6, 6.07) is 19.5. The molecule has 0 radical (unpaired) electrons. The molecule has 2 aliphatic rings. The number of aliphatic imine (C=N–C) groups is 2. The number of amidine groups is 2. The molecule has 0 bridgehead atoms. The molecule has 2 heterocycles. The van der Waals surface area contributed by atoms with Crippen LogP contribution in [0.1, 0.15) is 27.8 Å². The van der Waals surface area contributed by atoms with Gasteiger partial charge < -0.3 is 11.1 Å². The highest BCUT2D eigenvalue weighted by molar-refractivity contribution is 6.02. The highest BCUT2D eigenvalue weighted by Gasteiger charge is 2.19. The third-order valence-corrected chi connectivity index (χ3v) is 5.27. The first-order valence-electron chi connectivity index (χ1n) is 10.1. The minimum atomic E-state index is -0.439. The molecule has 3 aromatic carbocycles. The maximum atomic E-state index is 10.8. The average Bonchev–Trinajstić information content (AvgIpc) is 3.41. The van der Waals surface area contributed by atoms with Crippen molar-refractivity contribution in [2.24, 2.45) is 15.7 Å². The predicted molar refractivity (Wildman–Crippen MR) is 124 cm³/mol. The summed E-state index contributed by atoms with van der Waals surface area (Å²) < 4.78 is 0. The van der Waals surface area contributed by atoms with E-state index in [1.807, 2.05) is 30.3 Å². The molecule has 0 amide bonds. The van der Waals surface area contributed by atoms with E-state index in [2.05, 4.69) is 15.3 Å². The molecule has 0 saturated heterocycles. The molecular weight excluding hydrogens is 424 g/mol. The van der Waals surface area contributed by atoms with E-state index in [0.29, 0.717) is 31.0 Å². The molecule has 2 aliphatic heterocycles. The molecule has 0 fully saturated rings. The highest BCUT2D eigenvalue weighted by atomic mass is 16.6. The normalized spacial score (nSPS) is 13.1. The number of hydrogen-bond acceptors (Lipinski definition) is 8. The van der Waals surface area contributed by atoms with E-state index in [0.717, 1.165) is 28.1 Å². The van der Waals surface area contributed by atoms with Gasteiger partial charge in [0.25, 0.3) is 11.4 Å². The van der Waals surface area contributed by atoms with Crippen molar-refractivity contribution in [2.75, 3.05) is 0 Å².